The molecule has 13 rings (SSSR count). The van der Waals surface area contributed by atoms with Crippen LogP contribution in [0.2, 0.25) is 0 Å². The predicted octanol–water partition coefficient (Wildman–Crippen LogP) is 13.2. The van der Waals surface area contributed by atoms with E-state index in [1.165, 1.54) is 0 Å². The first-order valence-electron chi connectivity index (χ1n) is 22.1. The van der Waals surface area contributed by atoms with Crippen LogP contribution in [0.25, 0.3) is 95.2 Å². The Kier molecular flexibility index (Phi) is 8.57. The van der Waals surface area contributed by atoms with E-state index >= 15 is 0 Å². The van der Waals surface area contributed by atoms with Crippen molar-refractivity contribution < 1.29 is 9.30 Å². The molecule has 0 saturated carbocycles. The van der Waals surface area contributed by atoms with Crippen LogP contribution >= 0.6 is 0 Å². The van der Waals surface area contributed by atoms with Crippen molar-refractivity contribution in [2.45, 2.75) is 6.92 Å². The fraction of sp³-hybridized carbons (Fsp3) is 0.0172. The summed E-state index contributed by atoms with van der Waals surface area (Å²) in [6.07, 6.45) is 3.80. The van der Waals surface area contributed by atoms with Gasteiger partial charge in [0, 0.05) is 11.8 Å². The molecule has 4 heterocycles. The first kappa shape index (κ1) is 37.5. The number of aryl methyl sites for hydroxylation is 1. The van der Waals surface area contributed by atoms with Crippen molar-refractivity contribution in [3.8, 4) is 56.8 Å². The van der Waals surface area contributed by atoms with Crippen molar-refractivity contribution in [2.75, 3.05) is 0 Å². The molecule has 0 saturated heterocycles. The molecule has 0 aliphatic heterocycles. The van der Waals surface area contributed by atoms with Crippen LogP contribution in [0.15, 0.2) is 218 Å². The molecular weight excluding hydrogens is 811 g/mol. The minimum absolute atomic E-state index is 0.685. The van der Waals surface area contributed by atoms with E-state index in [4.69, 9.17) is 14.7 Å². The lowest BCUT2D eigenvalue weighted by molar-refractivity contribution is -0.571. The Labute approximate surface area is 379 Å². The number of hydrogen-bond acceptors (Lipinski definition) is 3. The summed E-state index contributed by atoms with van der Waals surface area (Å²) in [5.74, 6) is 2.89. The quantitative estimate of drug-likeness (QED) is 0.113. The number of ether oxygens (including phenoxy) is 1. The molecule has 66 heavy (non-hydrogen) atoms. The summed E-state index contributed by atoms with van der Waals surface area (Å²) in [5.41, 5.74) is 16.5. The van der Waals surface area contributed by atoms with Crippen LogP contribution in [0.4, 0.5) is 0 Å². The average Bonchev–Trinajstić information content (AvgIpc) is 4.14. The highest BCUT2D eigenvalue weighted by Gasteiger charge is 2.24. The molecule has 0 N–H and O–H groups in total. The van der Waals surface area contributed by atoms with Crippen molar-refractivity contribution in [3.05, 3.63) is 230 Å². The second-order valence-electron chi connectivity index (χ2n) is 16.5. The maximum absolute atomic E-state index is 6.85. The summed E-state index contributed by atoms with van der Waals surface area (Å²) >= 11 is 0. The number of nitrogens with zero attached hydrogens (tertiary/aromatic N) is 7. The number of fused-ring (bicyclic) bond motifs is 7. The van der Waals surface area contributed by atoms with Crippen molar-refractivity contribution >= 4 is 49.9 Å². The van der Waals surface area contributed by atoms with E-state index in [9.17, 15) is 0 Å². The molecule has 8 nitrogen and oxygen atoms in total. The summed E-state index contributed by atoms with van der Waals surface area (Å²) in [6, 6.07) is 75.7. The van der Waals surface area contributed by atoms with Crippen LogP contribution in [0.3, 0.4) is 0 Å². The number of para-hydroxylation sites is 7. The van der Waals surface area contributed by atoms with Gasteiger partial charge in [0.1, 0.15) is 11.5 Å². The van der Waals surface area contributed by atoms with E-state index in [0.29, 0.717) is 11.5 Å². The monoisotopic (exact) mass is 849 g/mol. The molecular formula is C58H39N7O. The second-order valence-corrected chi connectivity index (χ2v) is 16.5. The molecule has 0 unspecified atom stereocenters. The first-order chi connectivity index (χ1) is 32.7. The highest BCUT2D eigenvalue weighted by molar-refractivity contribution is 5.94. The summed E-state index contributed by atoms with van der Waals surface area (Å²) < 4.78 is 17.8. The number of benzene rings is 9. The van der Waals surface area contributed by atoms with E-state index in [-0.39, 0.29) is 0 Å². The molecule has 0 aliphatic rings. The highest BCUT2D eigenvalue weighted by Crippen LogP contribution is 2.37. The summed E-state index contributed by atoms with van der Waals surface area (Å²) in [6.45, 7) is 2.11. The van der Waals surface area contributed by atoms with Gasteiger partial charge in [-0.15, -0.1) is 0 Å². The lowest BCUT2D eigenvalue weighted by Gasteiger charge is -2.17. The van der Waals surface area contributed by atoms with Crippen LogP contribution in [-0.2, 0) is 0 Å². The third-order valence-corrected chi connectivity index (χ3v) is 12.6. The van der Waals surface area contributed by atoms with Gasteiger partial charge in [0.15, 0.2) is 0 Å². The molecule has 9 aromatic carbocycles. The van der Waals surface area contributed by atoms with E-state index < -0.39 is 0 Å². The van der Waals surface area contributed by atoms with E-state index in [1.54, 1.807) is 0 Å². The van der Waals surface area contributed by atoms with E-state index in [0.717, 1.165) is 101 Å². The molecule has 0 amide bonds. The number of aromatic nitrogens is 7. The van der Waals surface area contributed by atoms with Crippen molar-refractivity contribution in [1.82, 2.24) is 28.1 Å². The smallest absolute Gasteiger partial charge is 0.269 e. The van der Waals surface area contributed by atoms with Crippen LogP contribution in [0.5, 0.6) is 11.5 Å². The Morgan fingerprint density at radius 2 is 1.09 bits per heavy atom. The molecule has 312 valence electrons. The van der Waals surface area contributed by atoms with E-state index in [1.807, 2.05) is 30.3 Å². The van der Waals surface area contributed by atoms with Crippen LogP contribution in [0, 0.1) is 13.3 Å². The van der Waals surface area contributed by atoms with Gasteiger partial charge in [-0.25, -0.2) is 14.5 Å². The molecule has 0 spiro atoms. The topological polar surface area (TPSA) is 58.1 Å². The van der Waals surface area contributed by atoms with Gasteiger partial charge in [-0.3, -0.25) is 18.1 Å². The maximum Gasteiger partial charge on any atom is 0.269 e. The minimum Gasteiger partial charge on any atom is -0.458 e. The summed E-state index contributed by atoms with van der Waals surface area (Å²) in [4.78, 5) is 10.6. The first-order valence-corrected chi connectivity index (χ1v) is 22.1. The zero-order valence-corrected chi connectivity index (χ0v) is 35.8. The lowest BCUT2D eigenvalue weighted by Crippen LogP contribution is -2.31. The van der Waals surface area contributed by atoms with Gasteiger partial charge in [0.2, 0.25) is 11.7 Å². The Hall–Kier alpha value is -9.01. The summed E-state index contributed by atoms with van der Waals surface area (Å²) in [7, 11) is 0. The number of imidazole rings is 4. The zero-order chi connectivity index (χ0) is 43.7. The average molecular weight is 850 g/mol. The van der Waals surface area contributed by atoms with Crippen molar-refractivity contribution in [2.24, 2.45) is 0 Å². The van der Waals surface area contributed by atoms with Crippen LogP contribution < -0.4 is 9.30 Å². The standard InChI is InChI=1S/C58H39N7O/c1-39-18-15-33-53-55(39)60-58-64(53)52-35-34-45(37-54(52)65(58)57-59-48-29-11-12-30-49(48)63(57)42-23-9-4-10-24-42)66-44-26-16-25-43(36-44)61-38-62(51-32-14-13-31-50(51)61)56-46(40-19-5-2-6-20-40)27-17-28-47(56)41-21-7-3-8-22-41/h2-37H,1H3. The van der Waals surface area contributed by atoms with Crippen molar-refractivity contribution in [1.29, 1.82) is 0 Å². The number of rotatable bonds is 8. The third kappa shape index (κ3) is 5.96. The van der Waals surface area contributed by atoms with Crippen LogP contribution in [0.1, 0.15) is 5.56 Å². The van der Waals surface area contributed by atoms with Gasteiger partial charge in [-0.05, 0) is 95.4 Å². The molecule has 0 fully saturated rings. The van der Waals surface area contributed by atoms with Gasteiger partial charge in [0.05, 0.1) is 55.5 Å². The SMILES string of the molecule is Cc1cccc2c1nc1n(-c3nc4ccccc4n3-c3ccccc3)c3cc(Oc4cccc(-n5[c-][n+](-c6c(-c7ccccc7)cccc6-c6ccccc6)c6ccccc65)c4)ccc3n21. The molecule has 4 aromatic heterocycles. The zero-order valence-electron chi connectivity index (χ0n) is 35.8. The van der Waals surface area contributed by atoms with Crippen LogP contribution in [-0.4, -0.2) is 28.1 Å². The molecule has 0 bridgehead atoms. The van der Waals surface area contributed by atoms with Gasteiger partial charge in [0.25, 0.3) is 6.33 Å². The summed E-state index contributed by atoms with van der Waals surface area (Å²) in [5, 5.41) is 0. The Morgan fingerprint density at radius 3 is 1.86 bits per heavy atom. The molecule has 13 aromatic rings. The van der Waals surface area contributed by atoms with Crippen molar-refractivity contribution in [3.63, 3.8) is 0 Å². The fourth-order valence-electron chi connectivity index (χ4n) is 9.57. The Bertz CT molecular complexity index is 3920. The molecule has 0 atom stereocenters. The van der Waals surface area contributed by atoms with Gasteiger partial charge in [-0.2, -0.15) is 0 Å². The highest BCUT2D eigenvalue weighted by atomic mass is 16.5. The van der Waals surface area contributed by atoms with Gasteiger partial charge in [-0.1, -0.05) is 152 Å². The predicted molar refractivity (Wildman–Crippen MR) is 263 cm³/mol. The lowest BCUT2D eigenvalue weighted by atomic mass is 9.95. The largest absolute Gasteiger partial charge is 0.458 e. The van der Waals surface area contributed by atoms with Gasteiger partial charge >= 0.3 is 0 Å². The van der Waals surface area contributed by atoms with Gasteiger partial charge < -0.3 is 4.74 Å². The molecule has 0 aliphatic carbocycles. The maximum atomic E-state index is 6.85. The fourth-order valence-corrected chi connectivity index (χ4v) is 9.57. The third-order valence-electron chi connectivity index (χ3n) is 12.6. The normalized spacial score (nSPS) is 11.7. The van der Waals surface area contributed by atoms with E-state index in [2.05, 4.69) is 224 Å². The minimum atomic E-state index is 0.685. The number of hydrogen-bond donors (Lipinski definition) is 0. The molecule has 8 heteroatoms. The Balaban J connectivity index is 0.962. The molecule has 0 radical (unpaired) electrons. The Morgan fingerprint density at radius 1 is 0.470 bits per heavy atom. The second kappa shape index (κ2) is 15.1.